The Bertz CT molecular complexity index is 793. The third kappa shape index (κ3) is 19.8. The average Bonchev–Trinajstić information content (AvgIpc) is 3.03. The smallest absolute Gasteiger partial charge is 0.335 e. The van der Waals surface area contributed by atoms with E-state index < -0.39 is 54.7 Å². The molecule has 4 N–H and O–H groups in total. The number of carboxylic acid groups (broad SMARTS) is 1. The second kappa shape index (κ2) is 27.2. The molecule has 11 nitrogen and oxygen atoms in total. The molecule has 0 amide bonds. The highest BCUT2D eigenvalue weighted by Gasteiger charge is 2.47. The van der Waals surface area contributed by atoms with Gasteiger partial charge in [-0.2, -0.15) is 0 Å². The summed E-state index contributed by atoms with van der Waals surface area (Å²) in [5, 5.41) is 39.5. The topological polar surface area (TPSA) is 169 Å². The van der Waals surface area contributed by atoms with Crippen LogP contribution in [0.3, 0.4) is 0 Å². The summed E-state index contributed by atoms with van der Waals surface area (Å²) in [6.07, 6.45) is 13.2. The minimum atomic E-state index is -1.85. The molecule has 0 aromatic rings. The van der Waals surface area contributed by atoms with Crippen LogP contribution < -0.4 is 0 Å². The molecule has 0 aromatic carbocycles. The molecule has 6 unspecified atom stereocenters. The number of aliphatic hydroxyl groups excluding tert-OH is 3. The van der Waals surface area contributed by atoms with Gasteiger partial charge in [0.25, 0.3) is 0 Å². The van der Waals surface area contributed by atoms with Gasteiger partial charge >= 0.3 is 17.9 Å². The minimum absolute atomic E-state index is 0.189. The van der Waals surface area contributed by atoms with Crippen LogP contribution in [-0.4, -0.2) is 88.4 Å². The van der Waals surface area contributed by atoms with Crippen LogP contribution in [0.25, 0.3) is 0 Å². The molecule has 0 bridgehead atoms. The van der Waals surface area contributed by atoms with E-state index in [1.54, 1.807) is 0 Å². The number of rotatable bonds is 29. The Balaban J connectivity index is 2.48. The van der Waals surface area contributed by atoms with E-state index in [1.165, 1.54) is 77.0 Å². The molecule has 1 rings (SSSR count). The highest BCUT2D eigenvalue weighted by molar-refractivity contribution is 5.73. The molecule has 270 valence electrons. The van der Waals surface area contributed by atoms with Gasteiger partial charge in [-0.3, -0.25) is 9.59 Å². The van der Waals surface area contributed by atoms with E-state index in [4.69, 9.17) is 18.9 Å². The first-order valence-corrected chi connectivity index (χ1v) is 18.1. The van der Waals surface area contributed by atoms with Gasteiger partial charge in [-0.15, -0.1) is 0 Å². The zero-order chi connectivity index (χ0) is 34.0. The Morgan fingerprint density at radius 3 is 1.48 bits per heavy atom. The SMILES string of the molecule is CCCCCCCCCCCCC(=O)OCC(COC1OC(C(=O)O)C(O)C(O)C1O)OC(=O)CCCCCCCCCCCC. The van der Waals surface area contributed by atoms with Crippen LogP contribution in [0.5, 0.6) is 0 Å². The predicted molar refractivity (Wildman–Crippen MR) is 174 cm³/mol. The predicted octanol–water partition coefficient (Wildman–Crippen LogP) is 5.97. The maximum absolute atomic E-state index is 12.6. The Kier molecular flexibility index (Phi) is 25.0. The number of esters is 2. The normalized spacial score (nSPS) is 22.0. The van der Waals surface area contributed by atoms with Crippen molar-refractivity contribution in [3.8, 4) is 0 Å². The highest BCUT2D eigenvalue weighted by atomic mass is 16.7. The first-order valence-electron chi connectivity index (χ1n) is 18.1. The maximum Gasteiger partial charge on any atom is 0.335 e. The lowest BCUT2D eigenvalue weighted by atomic mass is 9.99. The minimum Gasteiger partial charge on any atom is -0.479 e. The standard InChI is InChI=1S/C35H64O11/c1-3-5-7-9-11-13-15-17-19-21-23-28(36)43-25-27(26-44-35-32(40)30(38)31(39)33(46-35)34(41)42)45-29(37)24-22-20-18-16-14-12-10-8-6-4-2/h27,30-33,35,38-40H,3-26H2,1-2H3,(H,41,42). The van der Waals surface area contributed by atoms with E-state index >= 15 is 0 Å². The number of carbonyl (C=O) groups is 3. The summed E-state index contributed by atoms with van der Waals surface area (Å²) in [6.45, 7) is 3.75. The Morgan fingerprint density at radius 1 is 0.587 bits per heavy atom. The third-order valence-corrected chi connectivity index (χ3v) is 8.46. The van der Waals surface area contributed by atoms with Crippen LogP contribution in [0.2, 0.25) is 0 Å². The molecule has 1 heterocycles. The molecule has 6 atom stereocenters. The summed E-state index contributed by atoms with van der Waals surface area (Å²) in [4.78, 5) is 36.4. The van der Waals surface area contributed by atoms with Crippen molar-refractivity contribution in [3.63, 3.8) is 0 Å². The number of hydrogen-bond acceptors (Lipinski definition) is 10. The monoisotopic (exact) mass is 660 g/mol. The van der Waals surface area contributed by atoms with Gasteiger partial charge < -0.3 is 39.4 Å². The average molecular weight is 661 g/mol. The van der Waals surface area contributed by atoms with Crippen LogP contribution in [0.1, 0.15) is 155 Å². The largest absolute Gasteiger partial charge is 0.479 e. The molecule has 0 saturated carbocycles. The zero-order valence-corrected chi connectivity index (χ0v) is 28.6. The molecule has 0 spiro atoms. The maximum atomic E-state index is 12.6. The number of ether oxygens (including phenoxy) is 4. The van der Waals surface area contributed by atoms with Crippen molar-refractivity contribution in [2.24, 2.45) is 0 Å². The van der Waals surface area contributed by atoms with Gasteiger partial charge in [0.2, 0.25) is 0 Å². The quantitative estimate of drug-likeness (QED) is 0.0551. The molecule has 11 heteroatoms. The van der Waals surface area contributed by atoms with Crippen molar-refractivity contribution < 1.29 is 53.8 Å². The third-order valence-electron chi connectivity index (χ3n) is 8.46. The van der Waals surface area contributed by atoms with Crippen molar-refractivity contribution in [1.29, 1.82) is 0 Å². The van der Waals surface area contributed by atoms with Gasteiger partial charge in [0.15, 0.2) is 18.5 Å². The fraction of sp³-hybridized carbons (Fsp3) is 0.914. The second-order valence-corrected chi connectivity index (χ2v) is 12.7. The second-order valence-electron chi connectivity index (χ2n) is 12.7. The first-order chi connectivity index (χ1) is 22.2. The molecule has 1 aliphatic heterocycles. The summed E-state index contributed by atoms with van der Waals surface area (Å²) < 4.78 is 21.5. The number of carboxylic acids is 1. The molecule has 0 aromatic heterocycles. The van der Waals surface area contributed by atoms with Gasteiger partial charge in [-0.05, 0) is 12.8 Å². The lowest BCUT2D eigenvalue weighted by molar-refractivity contribution is -0.298. The van der Waals surface area contributed by atoms with Gasteiger partial charge in [0.05, 0.1) is 6.61 Å². The molecular weight excluding hydrogens is 596 g/mol. The lowest BCUT2D eigenvalue weighted by Gasteiger charge is -2.38. The van der Waals surface area contributed by atoms with Gasteiger partial charge in [-0.1, -0.05) is 129 Å². The van der Waals surface area contributed by atoms with E-state index in [2.05, 4.69) is 13.8 Å². The summed E-state index contributed by atoms with van der Waals surface area (Å²) in [5.74, 6) is -2.44. The van der Waals surface area contributed by atoms with Crippen LogP contribution in [0.15, 0.2) is 0 Å². The summed E-state index contributed by atoms with van der Waals surface area (Å²) >= 11 is 0. The number of aliphatic carboxylic acids is 1. The van der Waals surface area contributed by atoms with Crippen molar-refractivity contribution in [1.82, 2.24) is 0 Å². The Morgan fingerprint density at radius 2 is 1.02 bits per heavy atom. The van der Waals surface area contributed by atoms with Crippen molar-refractivity contribution in [2.75, 3.05) is 13.2 Å². The molecular formula is C35H64O11. The van der Waals surface area contributed by atoms with Crippen LogP contribution in [0.4, 0.5) is 0 Å². The van der Waals surface area contributed by atoms with Crippen LogP contribution in [-0.2, 0) is 33.3 Å². The first kappa shape index (κ1) is 42.2. The molecule has 0 aliphatic carbocycles. The van der Waals surface area contributed by atoms with E-state index in [0.29, 0.717) is 12.8 Å². The fourth-order valence-corrected chi connectivity index (χ4v) is 5.52. The van der Waals surface area contributed by atoms with Gasteiger partial charge in [-0.25, -0.2) is 4.79 Å². The van der Waals surface area contributed by atoms with Crippen LogP contribution >= 0.6 is 0 Å². The van der Waals surface area contributed by atoms with E-state index in [9.17, 15) is 34.8 Å². The number of aliphatic hydroxyl groups is 3. The molecule has 1 fully saturated rings. The van der Waals surface area contributed by atoms with E-state index in [0.717, 1.165) is 38.5 Å². The Labute approximate surface area is 276 Å². The molecule has 1 saturated heterocycles. The zero-order valence-electron chi connectivity index (χ0n) is 28.6. The van der Waals surface area contributed by atoms with Gasteiger partial charge in [0, 0.05) is 12.8 Å². The summed E-state index contributed by atoms with van der Waals surface area (Å²) in [7, 11) is 0. The van der Waals surface area contributed by atoms with Crippen molar-refractivity contribution in [2.45, 2.75) is 192 Å². The van der Waals surface area contributed by atoms with Crippen LogP contribution in [0, 0.1) is 0 Å². The number of hydrogen-bond donors (Lipinski definition) is 4. The molecule has 1 aliphatic rings. The fourth-order valence-electron chi connectivity index (χ4n) is 5.52. The van der Waals surface area contributed by atoms with E-state index in [1.807, 2.05) is 0 Å². The van der Waals surface area contributed by atoms with Crippen molar-refractivity contribution >= 4 is 17.9 Å². The lowest BCUT2D eigenvalue weighted by Crippen LogP contribution is -2.60. The summed E-state index contributed by atoms with van der Waals surface area (Å²) in [5.41, 5.74) is 0. The van der Waals surface area contributed by atoms with E-state index in [-0.39, 0.29) is 26.1 Å². The highest BCUT2D eigenvalue weighted by Crippen LogP contribution is 2.23. The number of unbranched alkanes of at least 4 members (excludes halogenated alkanes) is 18. The molecule has 0 radical (unpaired) electrons. The van der Waals surface area contributed by atoms with Crippen molar-refractivity contribution in [3.05, 3.63) is 0 Å². The summed E-state index contributed by atoms with van der Waals surface area (Å²) in [6, 6.07) is 0. The molecule has 46 heavy (non-hydrogen) atoms. The Hall–Kier alpha value is -1.79. The number of carbonyl (C=O) groups excluding carboxylic acids is 2. The van der Waals surface area contributed by atoms with Gasteiger partial charge in [0.1, 0.15) is 24.9 Å².